The van der Waals surface area contributed by atoms with Gasteiger partial charge < -0.3 is 14.2 Å². The molecule has 0 unspecified atom stereocenters. The van der Waals surface area contributed by atoms with Gasteiger partial charge in [-0.05, 0) is 77.0 Å². The van der Waals surface area contributed by atoms with Crippen LogP contribution in [0.1, 0.15) is 252 Å². The van der Waals surface area contributed by atoms with Gasteiger partial charge >= 0.3 is 35.0 Å². The molecule has 69 heavy (non-hydrogen) atoms. The molecule has 1 heterocycles. The van der Waals surface area contributed by atoms with Crippen molar-refractivity contribution in [3.63, 3.8) is 0 Å². The van der Waals surface area contributed by atoms with Crippen molar-refractivity contribution < 1.29 is 28.6 Å². The predicted molar refractivity (Wildman–Crippen MR) is 283 cm³/mol. The number of esters is 3. The van der Waals surface area contributed by atoms with E-state index in [4.69, 9.17) is 14.2 Å². The molecule has 1 aromatic heterocycles. The van der Waals surface area contributed by atoms with Crippen molar-refractivity contribution in [1.82, 2.24) is 13.7 Å². The van der Waals surface area contributed by atoms with Crippen LogP contribution in [0.25, 0.3) is 0 Å². The highest BCUT2D eigenvalue weighted by Crippen LogP contribution is 2.14. The third-order valence-corrected chi connectivity index (χ3v) is 12.5. The van der Waals surface area contributed by atoms with E-state index in [0.717, 1.165) is 90.8 Å². The van der Waals surface area contributed by atoms with Crippen LogP contribution in [0.5, 0.6) is 0 Å². The van der Waals surface area contributed by atoms with E-state index in [1.54, 1.807) is 0 Å². The monoisotopic (exact) mass is 970 g/mol. The molecule has 1 aromatic rings. The number of carbonyl (C=O) groups is 3. The summed E-state index contributed by atoms with van der Waals surface area (Å²) in [6.45, 7) is 5.16. The highest BCUT2D eigenvalue weighted by atomic mass is 16.5. The Morgan fingerprint density at radius 2 is 0.522 bits per heavy atom. The van der Waals surface area contributed by atoms with Crippen LogP contribution in [0.2, 0.25) is 0 Å². The number of ether oxygens (including phenoxy) is 3. The number of rotatable bonds is 48. The van der Waals surface area contributed by atoms with E-state index >= 15 is 0 Å². The highest BCUT2D eigenvalue weighted by molar-refractivity contribution is 5.69. The van der Waals surface area contributed by atoms with Gasteiger partial charge in [-0.15, -0.1) is 0 Å². The molecule has 0 bridgehead atoms. The maximum atomic E-state index is 13.6. The van der Waals surface area contributed by atoms with Crippen LogP contribution in [0.3, 0.4) is 0 Å². The minimum atomic E-state index is -0.885. The molecule has 0 saturated heterocycles. The molecule has 396 valence electrons. The van der Waals surface area contributed by atoms with Gasteiger partial charge in [0.1, 0.15) is 19.8 Å². The van der Waals surface area contributed by atoms with Crippen molar-refractivity contribution in [2.45, 2.75) is 272 Å². The summed E-state index contributed by atoms with van der Waals surface area (Å²) >= 11 is 0. The van der Waals surface area contributed by atoms with Crippen molar-refractivity contribution in [2.75, 3.05) is 19.8 Å². The average Bonchev–Trinajstić information content (AvgIpc) is 3.34. The Kier molecular flexibility index (Phi) is 42.4. The Morgan fingerprint density at radius 3 is 0.754 bits per heavy atom. The molecule has 0 atom stereocenters. The first-order valence-corrected chi connectivity index (χ1v) is 28.1. The Hall–Kier alpha value is -3.96. The SMILES string of the molecule is CCCC/C=C/CCCCCCCCCC(=O)OCCn1c(=O)n(CCOC(=O)CCCCCCCCC/C=C/CCCC)c(=O)n(CCOC(=O)CCCCCCCCC/C=C/CCCC)c1=O. The molecule has 0 amide bonds. The molecular formula is C57H99N3O9. The number of nitrogens with zero attached hydrogens (tertiary/aromatic N) is 3. The van der Waals surface area contributed by atoms with E-state index in [-0.39, 0.29) is 58.7 Å². The molecule has 0 aliphatic heterocycles. The van der Waals surface area contributed by atoms with Crippen molar-refractivity contribution >= 4 is 17.9 Å². The van der Waals surface area contributed by atoms with Crippen LogP contribution >= 0.6 is 0 Å². The summed E-state index contributed by atoms with van der Waals surface area (Å²) in [5.74, 6) is -1.23. The largest absolute Gasteiger partial charge is 0.464 e. The molecule has 0 spiro atoms. The lowest BCUT2D eigenvalue weighted by Crippen LogP contribution is -2.55. The van der Waals surface area contributed by atoms with Crippen molar-refractivity contribution in [1.29, 1.82) is 0 Å². The lowest BCUT2D eigenvalue weighted by molar-refractivity contribution is -0.144. The van der Waals surface area contributed by atoms with Gasteiger partial charge in [0.05, 0.1) is 19.6 Å². The Balaban J connectivity index is 2.64. The third-order valence-electron chi connectivity index (χ3n) is 12.5. The second kappa shape index (κ2) is 46.4. The van der Waals surface area contributed by atoms with Gasteiger partial charge in [-0.3, -0.25) is 14.4 Å². The van der Waals surface area contributed by atoms with Crippen LogP contribution in [0, 0.1) is 0 Å². The maximum absolute atomic E-state index is 13.6. The van der Waals surface area contributed by atoms with E-state index in [1.165, 1.54) is 116 Å². The first-order chi connectivity index (χ1) is 33.8. The quantitative estimate of drug-likeness (QED) is 0.0270. The van der Waals surface area contributed by atoms with Gasteiger partial charge in [-0.1, -0.05) is 192 Å². The topological polar surface area (TPSA) is 145 Å². The highest BCUT2D eigenvalue weighted by Gasteiger charge is 2.17. The van der Waals surface area contributed by atoms with Gasteiger partial charge in [0.25, 0.3) is 0 Å². The third kappa shape index (κ3) is 35.7. The smallest absolute Gasteiger partial charge is 0.336 e. The fourth-order valence-electron chi connectivity index (χ4n) is 8.14. The fraction of sp³-hybridized carbons (Fsp3) is 0.789. The Bertz CT molecular complexity index is 1480. The number of carbonyl (C=O) groups excluding carboxylic acids is 3. The normalized spacial score (nSPS) is 11.7. The average molecular weight is 970 g/mol. The molecule has 0 aromatic carbocycles. The molecule has 0 fully saturated rings. The number of hydrogen-bond acceptors (Lipinski definition) is 9. The molecule has 12 nitrogen and oxygen atoms in total. The molecule has 0 N–H and O–H groups in total. The Labute approximate surface area is 418 Å². The summed E-state index contributed by atoms with van der Waals surface area (Å²) in [5.41, 5.74) is -2.65. The molecule has 0 saturated carbocycles. The minimum Gasteiger partial charge on any atom is -0.464 e. The second-order valence-electron chi connectivity index (χ2n) is 18.8. The van der Waals surface area contributed by atoms with Gasteiger partial charge in [0.2, 0.25) is 0 Å². The molecule has 1 rings (SSSR count). The van der Waals surface area contributed by atoms with Gasteiger partial charge in [-0.25, -0.2) is 28.1 Å². The first kappa shape index (κ1) is 63.1. The van der Waals surface area contributed by atoms with Crippen molar-refractivity contribution in [3.05, 3.63) is 67.9 Å². The molecule has 12 heteroatoms. The predicted octanol–water partition coefficient (Wildman–Crippen LogP) is 13.6. The van der Waals surface area contributed by atoms with Crippen LogP contribution in [0.15, 0.2) is 50.8 Å². The van der Waals surface area contributed by atoms with Crippen LogP contribution < -0.4 is 17.1 Å². The summed E-state index contributed by atoms with van der Waals surface area (Å²) in [6, 6.07) is 0. The molecule has 0 radical (unpaired) electrons. The zero-order valence-electron chi connectivity index (χ0n) is 44.2. The summed E-state index contributed by atoms with van der Waals surface area (Å²) in [6.07, 6.45) is 51.1. The lowest BCUT2D eigenvalue weighted by atomic mass is 10.1. The summed E-state index contributed by atoms with van der Waals surface area (Å²) < 4.78 is 18.8. The van der Waals surface area contributed by atoms with Gasteiger partial charge in [0.15, 0.2) is 0 Å². The zero-order chi connectivity index (χ0) is 50.3. The van der Waals surface area contributed by atoms with Crippen LogP contribution in [0.4, 0.5) is 0 Å². The molecule has 0 aliphatic carbocycles. The van der Waals surface area contributed by atoms with Crippen molar-refractivity contribution in [2.24, 2.45) is 0 Å². The fourth-order valence-corrected chi connectivity index (χ4v) is 8.14. The van der Waals surface area contributed by atoms with Crippen molar-refractivity contribution in [3.8, 4) is 0 Å². The summed E-state index contributed by atoms with van der Waals surface area (Å²) in [4.78, 5) is 78.4. The summed E-state index contributed by atoms with van der Waals surface area (Å²) in [7, 11) is 0. The van der Waals surface area contributed by atoms with Gasteiger partial charge in [-0.2, -0.15) is 0 Å². The van der Waals surface area contributed by atoms with Crippen LogP contribution in [-0.4, -0.2) is 51.4 Å². The summed E-state index contributed by atoms with van der Waals surface area (Å²) in [5, 5.41) is 0. The number of aromatic nitrogens is 3. The van der Waals surface area contributed by atoms with E-state index < -0.39 is 35.0 Å². The van der Waals surface area contributed by atoms with Gasteiger partial charge in [0, 0.05) is 19.3 Å². The zero-order valence-corrected chi connectivity index (χ0v) is 44.2. The van der Waals surface area contributed by atoms with E-state index in [2.05, 4.69) is 57.2 Å². The first-order valence-electron chi connectivity index (χ1n) is 28.1. The van der Waals surface area contributed by atoms with Crippen LogP contribution in [-0.2, 0) is 48.2 Å². The molecule has 0 aliphatic rings. The Morgan fingerprint density at radius 1 is 0.319 bits per heavy atom. The van der Waals surface area contributed by atoms with E-state index in [1.807, 2.05) is 0 Å². The maximum Gasteiger partial charge on any atom is 0.336 e. The van der Waals surface area contributed by atoms with E-state index in [9.17, 15) is 28.8 Å². The number of unbranched alkanes of at least 4 members (excludes halogenated alkanes) is 27. The minimum absolute atomic E-state index is 0.226. The molecular weight excluding hydrogens is 871 g/mol. The number of allylic oxidation sites excluding steroid dienone is 6. The second-order valence-corrected chi connectivity index (χ2v) is 18.8. The standard InChI is InChI=1S/C57H99N3O9/c1-4-7-10-13-16-19-22-25-28-31-34-37-40-43-52(61)67-49-46-58-55(64)59(47-50-68-53(62)44-41-38-35-32-29-26-23-20-17-14-11-8-5-2)57(66)60(56(58)65)48-51-69-54(63)45-42-39-36-33-30-27-24-21-18-15-12-9-6-3/h13-18H,4-12,19-51H2,1-3H3/b16-13+,17-14+,18-15+. The lowest BCUT2D eigenvalue weighted by Gasteiger charge is -2.14. The van der Waals surface area contributed by atoms with E-state index in [0.29, 0.717) is 19.3 Å². The number of hydrogen-bond donors (Lipinski definition) is 0.